The number of amides is 2. The maximum absolute atomic E-state index is 14.0. The molecule has 71 heavy (non-hydrogen) atoms. The van der Waals surface area contributed by atoms with Crippen LogP contribution in [0.5, 0.6) is 0 Å². The number of aliphatic hydroxyl groups excluding tert-OH is 1. The van der Waals surface area contributed by atoms with Gasteiger partial charge in [0.05, 0.1) is 105 Å². The summed E-state index contributed by atoms with van der Waals surface area (Å²) in [7, 11) is 0. The highest BCUT2D eigenvalue weighted by molar-refractivity contribution is 7.13. The Kier molecular flexibility index (Phi) is 19.6. The van der Waals surface area contributed by atoms with E-state index >= 15 is 0 Å². The molecule has 0 radical (unpaired) electrons. The first-order valence-corrected chi connectivity index (χ1v) is 25.2. The molecular weight excluding hydrogens is 927 g/mol. The molecule has 3 N–H and O–H groups in total. The van der Waals surface area contributed by atoms with Crippen LogP contribution in [0.3, 0.4) is 0 Å². The number of aliphatic hydroxyl groups is 1. The van der Waals surface area contributed by atoms with Gasteiger partial charge in [-0.15, -0.1) is 11.3 Å². The van der Waals surface area contributed by atoms with Crippen LogP contribution < -0.4 is 10.6 Å². The lowest BCUT2D eigenvalue weighted by atomic mass is 9.77. The summed E-state index contributed by atoms with van der Waals surface area (Å²) < 4.78 is 30.1. The minimum atomic E-state index is -0.841. The van der Waals surface area contributed by atoms with Crippen LogP contribution in [0.25, 0.3) is 27.5 Å². The van der Waals surface area contributed by atoms with Crippen LogP contribution in [0.1, 0.15) is 56.9 Å². The molecular formula is C52H67N9O9S. The number of ketones is 1. The van der Waals surface area contributed by atoms with Crippen molar-refractivity contribution in [3.63, 3.8) is 0 Å². The van der Waals surface area contributed by atoms with Crippen LogP contribution in [0, 0.1) is 29.6 Å². The molecule has 1 aromatic carbocycles. The van der Waals surface area contributed by atoms with E-state index in [-0.39, 0.29) is 69.4 Å². The van der Waals surface area contributed by atoms with Crippen molar-refractivity contribution < 1.29 is 43.2 Å². The van der Waals surface area contributed by atoms with Crippen LogP contribution >= 0.6 is 11.3 Å². The van der Waals surface area contributed by atoms with Crippen molar-refractivity contribution in [3.05, 3.63) is 89.3 Å². The minimum Gasteiger partial charge on any atom is -0.391 e. The number of aryl methyl sites for hydroxylation is 1. The van der Waals surface area contributed by atoms with E-state index in [9.17, 15) is 24.8 Å². The van der Waals surface area contributed by atoms with Crippen LogP contribution in [-0.2, 0) is 44.6 Å². The monoisotopic (exact) mass is 993 g/mol. The third kappa shape index (κ3) is 15.4. The highest BCUT2D eigenvalue weighted by atomic mass is 32.1. The fourth-order valence-corrected chi connectivity index (χ4v) is 9.54. The van der Waals surface area contributed by atoms with Crippen LogP contribution in [0.15, 0.2) is 72.5 Å². The summed E-state index contributed by atoms with van der Waals surface area (Å²) in [5.41, 5.74) is 7.11. The lowest BCUT2D eigenvalue weighted by Gasteiger charge is -2.34. The van der Waals surface area contributed by atoms with E-state index in [1.54, 1.807) is 29.8 Å². The molecule has 5 aromatic rings. The minimum absolute atomic E-state index is 0.0266. The predicted octanol–water partition coefficient (Wildman–Crippen LogP) is 5.17. The van der Waals surface area contributed by atoms with Gasteiger partial charge in [0.15, 0.2) is 5.78 Å². The molecule has 7 rings (SSSR count). The number of pyridine rings is 2. The van der Waals surface area contributed by atoms with Gasteiger partial charge in [0.2, 0.25) is 11.8 Å². The summed E-state index contributed by atoms with van der Waals surface area (Å²) in [5.74, 6) is -0.805. The molecule has 19 heteroatoms. The third-order valence-corrected chi connectivity index (χ3v) is 13.6. The maximum Gasteiger partial charge on any atom is 0.243 e. The predicted molar refractivity (Wildman–Crippen MR) is 269 cm³/mol. The Bertz CT molecular complexity index is 2560. The van der Waals surface area contributed by atoms with Crippen LogP contribution in [0.2, 0.25) is 0 Å². The van der Waals surface area contributed by atoms with E-state index < -0.39 is 23.5 Å². The smallest absolute Gasteiger partial charge is 0.243 e. The highest BCUT2D eigenvalue weighted by Crippen LogP contribution is 2.34. The van der Waals surface area contributed by atoms with Crippen molar-refractivity contribution in [2.45, 2.75) is 71.7 Å². The molecule has 6 heterocycles. The molecule has 1 unspecified atom stereocenters. The van der Waals surface area contributed by atoms with Gasteiger partial charge in [0, 0.05) is 63.7 Å². The quantitative estimate of drug-likeness (QED) is 0.0579. The third-order valence-electron chi connectivity index (χ3n) is 12.6. The lowest BCUT2D eigenvalue weighted by molar-refractivity contribution is -0.146. The Morgan fingerprint density at radius 2 is 1.61 bits per heavy atom. The number of fused-ring (bicyclic) bond motifs is 1. The van der Waals surface area contributed by atoms with E-state index in [4.69, 9.17) is 28.7 Å². The van der Waals surface area contributed by atoms with Crippen LogP contribution in [0.4, 0.5) is 5.82 Å². The molecule has 2 aliphatic heterocycles. The zero-order chi connectivity index (χ0) is 50.2. The normalized spacial score (nSPS) is 17.7. The highest BCUT2D eigenvalue weighted by Gasteiger charge is 2.44. The zero-order valence-corrected chi connectivity index (χ0v) is 42.0. The van der Waals surface area contributed by atoms with Crippen LogP contribution in [-0.4, -0.2) is 162 Å². The summed E-state index contributed by atoms with van der Waals surface area (Å²) in [4.78, 5) is 59.0. The second-order valence-corrected chi connectivity index (χ2v) is 19.8. The van der Waals surface area contributed by atoms with Gasteiger partial charge in [-0.3, -0.25) is 23.7 Å². The molecule has 4 aromatic heterocycles. The zero-order valence-electron chi connectivity index (χ0n) is 41.2. The van der Waals surface area contributed by atoms with E-state index in [2.05, 4.69) is 31.6 Å². The SMILES string of the molecule is Cc1ncsc1-c1ccc(CNC(=O)[C@@H]2C[C@@H](O)CN2C(=O)[C@@H](CC(=O)COCCOCCOCCOCCOCCN2CCC(Nc3cccc(-c4cnc5ccc(C#N)cn45)n3)C2)C(C)(C)C)cc1. The molecule has 2 saturated heterocycles. The van der Waals surface area contributed by atoms with Crippen molar-refractivity contribution in [1.29, 1.82) is 5.26 Å². The second-order valence-electron chi connectivity index (χ2n) is 19.0. The summed E-state index contributed by atoms with van der Waals surface area (Å²) in [6.45, 7) is 14.2. The standard InChI is InChI=1S/C52H67N9O9S/c1-36-49(71-35-56-36)39-11-8-37(9-12-39)29-55-50(64)45-27-41(62)33-61(45)51(65)43(52(2,3)4)26-42(63)34-70-25-24-69-23-22-68-21-20-67-19-18-66-17-16-59-15-14-40(32-59)57-47-7-5-6-44(58-47)46-30-54-48-13-10-38(28-53)31-60(46)48/h5-13,30-31,35,40-41,43,45,62H,14-27,29,32-34H2,1-4H3,(H,55,64)(H,57,58)/t40?,41-,43-,45+/m1/s1. The topological polar surface area (TPSA) is 215 Å². The van der Waals surface area contributed by atoms with Gasteiger partial charge in [-0.25, -0.2) is 15.0 Å². The van der Waals surface area contributed by atoms with Gasteiger partial charge in [-0.1, -0.05) is 51.1 Å². The average Bonchev–Trinajstić information content (AvgIpc) is 4.19. The molecule has 2 amide bonds. The number of carbonyl (C=O) groups is 3. The summed E-state index contributed by atoms with van der Waals surface area (Å²) in [6, 6.07) is 19.0. The molecule has 2 fully saturated rings. The molecule has 2 aliphatic rings. The second kappa shape index (κ2) is 26.1. The van der Waals surface area contributed by atoms with Gasteiger partial charge >= 0.3 is 0 Å². The molecule has 4 atom stereocenters. The van der Waals surface area contributed by atoms with Gasteiger partial charge in [0.1, 0.15) is 30.2 Å². The van der Waals surface area contributed by atoms with E-state index in [0.29, 0.717) is 51.8 Å². The van der Waals surface area contributed by atoms with Gasteiger partial charge in [0.25, 0.3) is 0 Å². The van der Waals surface area contributed by atoms with Gasteiger partial charge in [-0.2, -0.15) is 5.26 Å². The number of ether oxygens (including phenoxy) is 5. The average molecular weight is 994 g/mol. The number of aromatic nitrogens is 4. The Hall–Kier alpha value is -5.69. The Morgan fingerprint density at radius 3 is 2.28 bits per heavy atom. The number of nitrogens with zero attached hydrogens (tertiary/aromatic N) is 7. The molecule has 18 nitrogen and oxygen atoms in total. The fourth-order valence-electron chi connectivity index (χ4n) is 8.73. The number of anilines is 1. The number of imidazole rings is 1. The Balaban J connectivity index is 0.685. The number of rotatable bonds is 27. The summed E-state index contributed by atoms with van der Waals surface area (Å²) in [5, 5.41) is 26.4. The summed E-state index contributed by atoms with van der Waals surface area (Å²) in [6.07, 6.45) is 3.80. The lowest BCUT2D eigenvalue weighted by Crippen LogP contribution is -2.50. The number of likely N-dealkylation sites (tertiary alicyclic amines) is 2. The molecule has 0 bridgehead atoms. The number of carbonyl (C=O) groups excluding carboxylic acids is 3. The van der Waals surface area contributed by atoms with E-state index in [0.717, 1.165) is 70.6 Å². The number of nitrogens with one attached hydrogen (secondary N) is 2. The van der Waals surface area contributed by atoms with Crippen molar-refractivity contribution in [2.24, 2.45) is 11.3 Å². The number of thiazole rings is 1. The van der Waals surface area contributed by atoms with E-state index in [1.165, 1.54) is 4.90 Å². The van der Waals surface area contributed by atoms with Gasteiger partial charge < -0.3 is 44.3 Å². The van der Waals surface area contributed by atoms with Crippen molar-refractivity contribution in [3.8, 4) is 27.9 Å². The van der Waals surface area contributed by atoms with Crippen molar-refractivity contribution in [1.82, 2.24) is 34.5 Å². The summed E-state index contributed by atoms with van der Waals surface area (Å²) >= 11 is 1.58. The first-order chi connectivity index (χ1) is 34.4. The van der Waals surface area contributed by atoms with Gasteiger partial charge in [-0.05, 0) is 54.2 Å². The molecule has 380 valence electrons. The fraction of sp³-hybridized carbons (Fsp3) is 0.519. The molecule has 0 saturated carbocycles. The van der Waals surface area contributed by atoms with E-state index in [1.807, 2.05) is 86.1 Å². The first-order valence-electron chi connectivity index (χ1n) is 24.4. The largest absolute Gasteiger partial charge is 0.391 e. The Morgan fingerprint density at radius 1 is 0.901 bits per heavy atom. The number of hydrogen-bond donors (Lipinski definition) is 3. The Labute approximate surface area is 419 Å². The number of Topliss-reactive ketones (excluding diaryl/α,β-unsaturated/α-hetero) is 1. The van der Waals surface area contributed by atoms with Crippen molar-refractivity contribution >= 4 is 40.4 Å². The first kappa shape index (κ1) is 53.1. The number of nitriles is 1. The molecule has 0 aliphatic carbocycles. The number of hydrogen-bond acceptors (Lipinski definition) is 16. The van der Waals surface area contributed by atoms with Crippen molar-refractivity contribution in [2.75, 3.05) is 97.6 Å². The number of β-amino-alcohol motifs (C(OH)–C–C–N with tert-alkyl or cyclic N) is 1. The molecule has 0 spiro atoms. The maximum atomic E-state index is 14.0. The number of benzene rings is 1.